The van der Waals surface area contributed by atoms with E-state index in [0.29, 0.717) is 15.4 Å². The highest BCUT2D eigenvalue weighted by molar-refractivity contribution is 6.42. The summed E-state index contributed by atoms with van der Waals surface area (Å²) in [6.07, 6.45) is 0. The summed E-state index contributed by atoms with van der Waals surface area (Å²) in [7, 11) is 0. The van der Waals surface area contributed by atoms with E-state index in [1.165, 1.54) is 0 Å². The lowest BCUT2D eigenvalue weighted by Gasteiger charge is -2.09. The van der Waals surface area contributed by atoms with Crippen LogP contribution in [0.4, 0.5) is 0 Å². The normalized spacial score (nSPS) is 10.9. The van der Waals surface area contributed by atoms with Gasteiger partial charge in [-0.1, -0.05) is 35.3 Å². The second-order valence-corrected chi connectivity index (χ2v) is 5.49. The van der Waals surface area contributed by atoms with Crippen LogP contribution in [0.2, 0.25) is 10.0 Å². The van der Waals surface area contributed by atoms with Gasteiger partial charge in [-0.25, -0.2) is 0 Å². The zero-order valence-electron chi connectivity index (χ0n) is 10.7. The van der Waals surface area contributed by atoms with E-state index >= 15 is 0 Å². The van der Waals surface area contributed by atoms with Crippen molar-refractivity contribution in [2.75, 3.05) is 0 Å². The molecule has 0 radical (unpaired) electrons. The predicted molar refractivity (Wildman–Crippen MR) is 84.8 cm³/mol. The van der Waals surface area contributed by atoms with Gasteiger partial charge in [-0.15, -0.1) is 0 Å². The fourth-order valence-corrected chi connectivity index (χ4v) is 2.66. The molecule has 1 N–H and O–H groups in total. The van der Waals surface area contributed by atoms with E-state index in [2.05, 4.69) is 4.98 Å². The van der Waals surface area contributed by atoms with Crippen molar-refractivity contribution in [2.45, 2.75) is 6.92 Å². The summed E-state index contributed by atoms with van der Waals surface area (Å²) in [5, 5.41) is 1.66. The van der Waals surface area contributed by atoms with Gasteiger partial charge in [-0.2, -0.15) is 0 Å². The topological polar surface area (TPSA) is 32.9 Å². The van der Waals surface area contributed by atoms with Crippen LogP contribution in [0, 0.1) is 6.92 Å². The molecule has 0 atom stereocenters. The van der Waals surface area contributed by atoms with Gasteiger partial charge in [0.2, 0.25) is 0 Å². The van der Waals surface area contributed by atoms with Crippen LogP contribution >= 0.6 is 23.2 Å². The Morgan fingerprint density at radius 1 is 1.00 bits per heavy atom. The van der Waals surface area contributed by atoms with Crippen molar-refractivity contribution in [3.05, 3.63) is 68.3 Å². The van der Waals surface area contributed by atoms with Gasteiger partial charge in [0.1, 0.15) is 0 Å². The highest BCUT2D eigenvalue weighted by Crippen LogP contribution is 2.31. The maximum atomic E-state index is 12.2. The summed E-state index contributed by atoms with van der Waals surface area (Å²) < 4.78 is 0. The molecule has 1 aromatic heterocycles. The first-order chi connectivity index (χ1) is 9.56. The fourth-order valence-electron chi connectivity index (χ4n) is 2.28. The Morgan fingerprint density at radius 2 is 1.70 bits per heavy atom. The number of H-pyrrole nitrogens is 1. The summed E-state index contributed by atoms with van der Waals surface area (Å²) in [6, 6.07) is 12.6. The molecule has 0 aliphatic rings. The van der Waals surface area contributed by atoms with E-state index < -0.39 is 0 Å². The van der Waals surface area contributed by atoms with Crippen LogP contribution in [0.3, 0.4) is 0 Å². The Hall–Kier alpha value is -1.77. The number of aromatic amines is 1. The summed E-state index contributed by atoms with van der Waals surface area (Å²) in [4.78, 5) is 15.4. The molecule has 0 amide bonds. The maximum Gasteiger partial charge on any atom is 0.190 e. The number of pyridine rings is 1. The smallest absolute Gasteiger partial charge is 0.190 e. The number of hydrogen-bond acceptors (Lipinski definition) is 1. The molecule has 0 spiro atoms. The lowest BCUT2D eigenvalue weighted by atomic mass is 10.0. The fraction of sp³-hybridized carbons (Fsp3) is 0.0625. The first kappa shape index (κ1) is 13.2. The summed E-state index contributed by atoms with van der Waals surface area (Å²) in [5.74, 6) is 0. The third-order valence-corrected chi connectivity index (χ3v) is 4.02. The van der Waals surface area contributed by atoms with Crippen LogP contribution < -0.4 is 5.43 Å². The SMILES string of the molecule is Cc1cc(Cl)c(Cl)cc1-c1cc(=O)c2ccccc2[nH]1. The Balaban J connectivity index is 2.30. The molecule has 2 nitrogen and oxygen atoms in total. The van der Waals surface area contributed by atoms with E-state index in [4.69, 9.17) is 23.2 Å². The Labute approximate surface area is 126 Å². The molecular formula is C16H11Cl2NO. The monoisotopic (exact) mass is 303 g/mol. The minimum absolute atomic E-state index is 0.0141. The predicted octanol–water partition coefficient (Wildman–Crippen LogP) is 4.81. The number of halogens is 2. The number of rotatable bonds is 1. The molecule has 3 aromatic rings. The van der Waals surface area contributed by atoms with Crippen LogP contribution in [0.15, 0.2) is 47.3 Å². The Morgan fingerprint density at radius 3 is 2.50 bits per heavy atom. The molecule has 0 unspecified atom stereocenters. The zero-order valence-corrected chi connectivity index (χ0v) is 12.2. The highest BCUT2D eigenvalue weighted by Gasteiger charge is 2.09. The van der Waals surface area contributed by atoms with Crippen molar-refractivity contribution in [2.24, 2.45) is 0 Å². The van der Waals surface area contributed by atoms with Crippen LogP contribution in [0.1, 0.15) is 5.56 Å². The maximum absolute atomic E-state index is 12.2. The number of nitrogens with one attached hydrogen (secondary N) is 1. The van der Waals surface area contributed by atoms with Gasteiger partial charge in [0.15, 0.2) is 5.43 Å². The molecular weight excluding hydrogens is 293 g/mol. The van der Waals surface area contributed by atoms with Crippen molar-refractivity contribution in [3.8, 4) is 11.3 Å². The third-order valence-electron chi connectivity index (χ3n) is 3.29. The molecule has 4 heteroatoms. The highest BCUT2D eigenvalue weighted by atomic mass is 35.5. The molecule has 100 valence electrons. The van der Waals surface area contributed by atoms with Crippen LogP contribution in [-0.4, -0.2) is 4.98 Å². The lowest BCUT2D eigenvalue weighted by Crippen LogP contribution is -2.03. The van der Waals surface area contributed by atoms with Crippen molar-refractivity contribution in [1.29, 1.82) is 0 Å². The minimum Gasteiger partial charge on any atom is -0.354 e. The number of hydrogen-bond donors (Lipinski definition) is 1. The van der Waals surface area contributed by atoms with Gasteiger partial charge in [0.05, 0.1) is 15.7 Å². The van der Waals surface area contributed by atoms with E-state index in [-0.39, 0.29) is 5.43 Å². The quantitative estimate of drug-likeness (QED) is 0.687. The van der Waals surface area contributed by atoms with Gasteiger partial charge in [0.25, 0.3) is 0 Å². The molecule has 3 rings (SSSR count). The molecule has 20 heavy (non-hydrogen) atoms. The van der Waals surface area contributed by atoms with Gasteiger partial charge >= 0.3 is 0 Å². The van der Waals surface area contributed by atoms with E-state index in [0.717, 1.165) is 22.3 Å². The minimum atomic E-state index is -0.0141. The number of benzene rings is 2. The summed E-state index contributed by atoms with van der Waals surface area (Å²) in [5.41, 5.74) is 3.37. The largest absolute Gasteiger partial charge is 0.354 e. The van der Waals surface area contributed by atoms with Crippen LogP contribution in [0.5, 0.6) is 0 Å². The standard InChI is InChI=1S/C16H11Cl2NO/c1-9-6-12(17)13(18)7-11(9)15-8-16(20)10-4-2-3-5-14(10)19-15/h2-8H,1H3,(H,19,20). The zero-order chi connectivity index (χ0) is 14.3. The van der Waals surface area contributed by atoms with E-state index in [1.807, 2.05) is 25.1 Å². The number of para-hydroxylation sites is 1. The number of fused-ring (bicyclic) bond motifs is 1. The van der Waals surface area contributed by atoms with Gasteiger partial charge in [-0.05, 0) is 36.8 Å². The first-order valence-corrected chi connectivity index (χ1v) is 6.90. The number of aromatic nitrogens is 1. The van der Waals surface area contributed by atoms with Crippen molar-refractivity contribution in [3.63, 3.8) is 0 Å². The molecule has 1 heterocycles. The molecule has 0 aliphatic heterocycles. The molecule has 2 aromatic carbocycles. The van der Waals surface area contributed by atoms with Crippen molar-refractivity contribution >= 4 is 34.1 Å². The summed E-state index contributed by atoms with van der Waals surface area (Å²) >= 11 is 12.1. The molecule has 0 bridgehead atoms. The van der Waals surface area contributed by atoms with Gasteiger partial charge in [0, 0.05) is 22.5 Å². The molecule has 0 fully saturated rings. The molecule has 0 saturated carbocycles. The Kier molecular flexibility index (Phi) is 3.28. The third kappa shape index (κ3) is 2.21. The molecule has 0 aliphatic carbocycles. The molecule has 0 saturated heterocycles. The van der Waals surface area contributed by atoms with Gasteiger partial charge < -0.3 is 4.98 Å². The lowest BCUT2D eigenvalue weighted by molar-refractivity contribution is 1.35. The van der Waals surface area contributed by atoms with E-state index in [9.17, 15) is 4.79 Å². The summed E-state index contributed by atoms with van der Waals surface area (Å²) in [6.45, 7) is 1.94. The van der Waals surface area contributed by atoms with Crippen LogP contribution in [-0.2, 0) is 0 Å². The van der Waals surface area contributed by atoms with Crippen LogP contribution in [0.25, 0.3) is 22.2 Å². The Bertz CT molecular complexity index is 868. The van der Waals surface area contributed by atoms with Gasteiger partial charge in [-0.3, -0.25) is 4.79 Å². The van der Waals surface area contributed by atoms with E-state index in [1.54, 1.807) is 24.3 Å². The number of aryl methyl sites for hydroxylation is 1. The first-order valence-electron chi connectivity index (χ1n) is 6.14. The second-order valence-electron chi connectivity index (χ2n) is 4.67. The van der Waals surface area contributed by atoms with Crippen molar-refractivity contribution in [1.82, 2.24) is 4.98 Å². The second kappa shape index (κ2) is 4.97. The average Bonchev–Trinajstić information content (AvgIpc) is 2.43. The average molecular weight is 304 g/mol. The van der Waals surface area contributed by atoms with Crippen molar-refractivity contribution < 1.29 is 0 Å².